The van der Waals surface area contributed by atoms with Gasteiger partial charge in [-0.1, -0.05) is 12.1 Å². The molecule has 0 N–H and O–H groups in total. The first kappa shape index (κ1) is 20.3. The molecule has 7 nitrogen and oxygen atoms in total. The minimum Gasteiger partial charge on any atom is -0.380 e. The van der Waals surface area contributed by atoms with Crippen molar-refractivity contribution < 1.29 is 13.9 Å². The van der Waals surface area contributed by atoms with Crippen molar-refractivity contribution in [2.75, 3.05) is 13.2 Å². The van der Waals surface area contributed by atoms with Crippen molar-refractivity contribution in [1.82, 2.24) is 24.5 Å². The molecule has 0 aliphatic carbocycles. The van der Waals surface area contributed by atoms with Gasteiger partial charge in [0.25, 0.3) is 0 Å². The highest BCUT2D eigenvalue weighted by molar-refractivity contribution is 5.96. The number of aromatic nitrogens is 5. The quantitative estimate of drug-likeness (QED) is 0.430. The number of nitrogens with zero attached hydrogens (tertiary/aromatic N) is 5. The van der Waals surface area contributed by atoms with Crippen LogP contribution in [0.1, 0.15) is 23.7 Å². The lowest BCUT2D eigenvalue weighted by molar-refractivity contribution is -0.0996. The molecule has 1 aliphatic rings. The molecule has 2 aromatic carbocycles. The lowest BCUT2D eigenvalue weighted by atomic mass is 9.82. The summed E-state index contributed by atoms with van der Waals surface area (Å²) in [5.74, 6) is -0.181. The summed E-state index contributed by atoms with van der Waals surface area (Å²) in [4.78, 5) is 17.1. The second kappa shape index (κ2) is 7.80. The summed E-state index contributed by atoms with van der Waals surface area (Å²) in [6.45, 7) is 3.35. The van der Waals surface area contributed by atoms with Crippen LogP contribution in [0.5, 0.6) is 0 Å². The summed E-state index contributed by atoms with van der Waals surface area (Å²) in [6.07, 6.45) is 4.08. The van der Waals surface area contributed by atoms with Crippen molar-refractivity contribution in [3.8, 4) is 28.3 Å². The van der Waals surface area contributed by atoms with Crippen molar-refractivity contribution in [3.63, 3.8) is 0 Å². The zero-order valence-corrected chi connectivity index (χ0v) is 17.8. The predicted octanol–water partition coefficient (Wildman–Crippen LogP) is 4.08. The van der Waals surface area contributed by atoms with Crippen LogP contribution in [0.3, 0.4) is 0 Å². The third-order valence-corrected chi connectivity index (χ3v) is 5.75. The number of ketones is 1. The maximum absolute atomic E-state index is 13.3. The van der Waals surface area contributed by atoms with Crippen LogP contribution in [0, 0.1) is 11.2 Å². The molecular formula is C24H22FN5O2. The third-order valence-electron chi connectivity index (χ3n) is 5.75. The van der Waals surface area contributed by atoms with E-state index in [1.54, 1.807) is 30.2 Å². The minimum absolute atomic E-state index is 0.0472. The van der Waals surface area contributed by atoms with Crippen LogP contribution >= 0.6 is 0 Å². The molecule has 0 atom stereocenters. The van der Waals surface area contributed by atoms with Crippen molar-refractivity contribution in [2.45, 2.75) is 13.3 Å². The van der Waals surface area contributed by atoms with E-state index in [9.17, 15) is 9.18 Å². The van der Waals surface area contributed by atoms with E-state index < -0.39 is 0 Å². The zero-order valence-electron chi connectivity index (χ0n) is 17.8. The van der Waals surface area contributed by atoms with Crippen LogP contribution in [0.15, 0.2) is 61.1 Å². The second-order valence-electron chi connectivity index (χ2n) is 8.53. The first-order valence-electron chi connectivity index (χ1n) is 10.3. The van der Waals surface area contributed by atoms with Crippen LogP contribution < -0.4 is 0 Å². The number of benzene rings is 2. The molecule has 0 bridgehead atoms. The van der Waals surface area contributed by atoms with Gasteiger partial charge in [0.2, 0.25) is 0 Å². The van der Waals surface area contributed by atoms with E-state index in [4.69, 9.17) is 4.74 Å². The third kappa shape index (κ3) is 3.73. The molecular weight excluding hydrogens is 409 g/mol. The molecule has 8 heteroatoms. The zero-order chi connectivity index (χ0) is 22.3. The summed E-state index contributed by atoms with van der Waals surface area (Å²) < 4.78 is 22.1. The lowest BCUT2D eigenvalue weighted by Crippen LogP contribution is -2.41. The highest BCUT2D eigenvalue weighted by Crippen LogP contribution is 2.32. The minimum atomic E-state index is -0.305. The molecule has 4 aromatic rings. The molecule has 5 rings (SSSR count). The van der Waals surface area contributed by atoms with Gasteiger partial charge in [-0.05, 0) is 48.5 Å². The number of carbonyl (C=O) groups is 1. The molecule has 1 aliphatic heterocycles. The Labute approximate surface area is 184 Å². The summed E-state index contributed by atoms with van der Waals surface area (Å²) in [5.41, 5.74) is 4.35. The number of imidazole rings is 1. The topological polar surface area (TPSA) is 74.8 Å². The number of aryl methyl sites for hydroxylation is 1. The summed E-state index contributed by atoms with van der Waals surface area (Å²) in [6, 6.07) is 13.6. The van der Waals surface area contributed by atoms with Gasteiger partial charge in [0.15, 0.2) is 5.78 Å². The van der Waals surface area contributed by atoms with Gasteiger partial charge in [0.05, 0.1) is 19.5 Å². The van der Waals surface area contributed by atoms with Gasteiger partial charge in [-0.25, -0.2) is 14.1 Å². The molecule has 0 saturated carbocycles. The van der Waals surface area contributed by atoms with E-state index >= 15 is 0 Å². The van der Waals surface area contributed by atoms with Crippen LogP contribution in [0.4, 0.5) is 4.39 Å². The Hall–Kier alpha value is -3.65. The standard InChI is InChI=1S/C24H22FN5O2/c1-24(13-32-14-24)11-21(31)16-5-9-19(10-6-16)30-12-20(26-15-30)23-22(27-28-29(23)2)17-3-7-18(25)8-4-17/h3-10,12,15H,11,13-14H2,1-2H3. The smallest absolute Gasteiger partial charge is 0.163 e. The van der Waals surface area contributed by atoms with E-state index in [-0.39, 0.29) is 17.0 Å². The van der Waals surface area contributed by atoms with E-state index in [2.05, 4.69) is 22.2 Å². The van der Waals surface area contributed by atoms with Crippen molar-refractivity contribution in [2.24, 2.45) is 12.5 Å². The first-order chi connectivity index (χ1) is 15.4. The highest BCUT2D eigenvalue weighted by atomic mass is 19.1. The maximum atomic E-state index is 13.3. The fourth-order valence-electron chi connectivity index (χ4n) is 3.89. The molecule has 162 valence electrons. The second-order valence-corrected chi connectivity index (χ2v) is 8.53. The maximum Gasteiger partial charge on any atom is 0.163 e. The summed E-state index contributed by atoms with van der Waals surface area (Å²) in [7, 11) is 1.79. The van der Waals surface area contributed by atoms with Crippen molar-refractivity contribution in [3.05, 3.63) is 72.4 Å². The SMILES string of the molecule is Cn1nnc(-c2ccc(F)cc2)c1-c1cn(-c2ccc(C(=O)CC3(C)COC3)cc2)cn1. The molecule has 0 radical (unpaired) electrons. The van der Waals surface area contributed by atoms with Crippen molar-refractivity contribution in [1.29, 1.82) is 0 Å². The Balaban J connectivity index is 1.39. The molecule has 1 fully saturated rings. The van der Waals surface area contributed by atoms with Gasteiger partial charge in [-0.15, -0.1) is 5.10 Å². The molecule has 1 saturated heterocycles. The Bertz CT molecular complexity index is 1270. The van der Waals surface area contributed by atoms with Crippen molar-refractivity contribution >= 4 is 5.78 Å². The lowest BCUT2D eigenvalue weighted by Gasteiger charge is -2.37. The van der Waals surface area contributed by atoms with Gasteiger partial charge in [-0.2, -0.15) is 0 Å². The van der Waals surface area contributed by atoms with Gasteiger partial charge in [-0.3, -0.25) is 4.79 Å². The number of halogens is 1. The van der Waals surface area contributed by atoms with Gasteiger partial charge < -0.3 is 9.30 Å². The van der Waals surface area contributed by atoms with E-state index in [0.29, 0.717) is 36.6 Å². The van der Waals surface area contributed by atoms with Crippen LogP contribution in [-0.2, 0) is 11.8 Å². The number of hydrogen-bond acceptors (Lipinski definition) is 5. The first-order valence-corrected chi connectivity index (χ1v) is 10.3. The fourth-order valence-corrected chi connectivity index (χ4v) is 3.89. The number of carbonyl (C=O) groups excluding carboxylic acids is 1. The molecule has 2 aromatic heterocycles. The van der Waals surface area contributed by atoms with Gasteiger partial charge in [0.1, 0.15) is 22.9 Å². The Kier molecular flexibility index (Phi) is 4.94. The fraction of sp³-hybridized carbons (Fsp3) is 0.250. The molecule has 3 heterocycles. The van der Waals surface area contributed by atoms with Crippen LogP contribution in [0.2, 0.25) is 0 Å². The highest BCUT2D eigenvalue weighted by Gasteiger charge is 2.35. The van der Waals surface area contributed by atoms with Crippen LogP contribution in [-0.4, -0.2) is 43.5 Å². The Morgan fingerprint density at radius 2 is 1.84 bits per heavy atom. The van der Waals surface area contributed by atoms with Crippen LogP contribution in [0.25, 0.3) is 28.3 Å². The predicted molar refractivity (Wildman–Crippen MR) is 117 cm³/mol. The number of ether oxygens (including phenoxy) is 1. The molecule has 32 heavy (non-hydrogen) atoms. The largest absolute Gasteiger partial charge is 0.380 e. The van der Waals surface area contributed by atoms with E-state index in [0.717, 1.165) is 16.9 Å². The van der Waals surface area contributed by atoms with E-state index in [1.165, 1.54) is 12.1 Å². The average molecular weight is 431 g/mol. The number of rotatable bonds is 6. The van der Waals surface area contributed by atoms with Gasteiger partial charge >= 0.3 is 0 Å². The molecule has 0 unspecified atom stereocenters. The Morgan fingerprint density at radius 1 is 1.12 bits per heavy atom. The molecule has 0 spiro atoms. The summed E-state index contributed by atoms with van der Waals surface area (Å²) >= 11 is 0. The number of hydrogen-bond donors (Lipinski definition) is 0. The molecule has 0 amide bonds. The average Bonchev–Trinajstić information content (AvgIpc) is 3.40. The number of Topliss-reactive ketones (excluding diaryl/α,β-unsaturated/α-hetero) is 1. The van der Waals surface area contributed by atoms with E-state index in [1.807, 2.05) is 35.0 Å². The summed E-state index contributed by atoms with van der Waals surface area (Å²) in [5, 5.41) is 8.36. The van der Waals surface area contributed by atoms with Gasteiger partial charge in [0, 0.05) is 41.9 Å². The monoisotopic (exact) mass is 431 g/mol. The normalized spacial score (nSPS) is 14.8. The Morgan fingerprint density at radius 3 is 2.50 bits per heavy atom.